The number of alkyl halides is 6. The SMILES string of the molecule is N#Cc1ccc(-c2ccc3c4ccccc4n(-c4cc(C#N)c(-c5cc(C(F)(F)F)cc(C(F)(F)F)c5)cc4-n4c5ccccc5c5ccc(-c6ccc(C#N)cc6C#N)cc54)c3c2)c(C#N)c1. The predicted molar refractivity (Wildman–Crippen MR) is 245 cm³/mol. The maximum absolute atomic E-state index is 14.4. The molecule has 0 amide bonds. The maximum atomic E-state index is 14.4. The number of para-hydroxylation sites is 2. The standard InChI is InChI=1S/C55H25F6N7/c56-54(57,58)39-19-35(20-40(24-39)55(59,60)61)47-25-53(68-49-8-4-2-6-44(49)46-16-12-34(22-51(46)68)42-14-10-32(27-63)18-37(42)29-65)52(23-38(47)30-66)67-48-7-3-1-5-43(48)45-15-11-33(21-50(45)67)41-13-9-31(26-62)17-36(41)28-64/h1-25H. The molecule has 68 heavy (non-hydrogen) atoms. The van der Waals surface area contributed by atoms with E-state index in [9.17, 15) is 52.7 Å². The average Bonchev–Trinajstić information content (AvgIpc) is 3.86. The monoisotopic (exact) mass is 897 g/mol. The quantitative estimate of drug-likeness (QED) is 0.159. The molecule has 0 aliphatic heterocycles. The third-order valence-corrected chi connectivity index (χ3v) is 12.1. The molecule has 10 rings (SSSR count). The van der Waals surface area contributed by atoms with Gasteiger partial charge in [0.1, 0.15) is 0 Å². The fourth-order valence-electron chi connectivity index (χ4n) is 9.09. The molecule has 0 saturated heterocycles. The minimum Gasteiger partial charge on any atom is -0.307 e. The van der Waals surface area contributed by atoms with Gasteiger partial charge in [-0.15, -0.1) is 0 Å². The van der Waals surface area contributed by atoms with E-state index in [0.29, 0.717) is 67.5 Å². The zero-order chi connectivity index (χ0) is 47.6. The molecule has 8 aromatic carbocycles. The summed E-state index contributed by atoms with van der Waals surface area (Å²) in [5, 5.41) is 53.4. The van der Waals surface area contributed by atoms with Gasteiger partial charge < -0.3 is 9.13 Å². The first kappa shape index (κ1) is 42.3. The Hall–Kier alpha value is -9.61. The van der Waals surface area contributed by atoms with Crippen molar-refractivity contribution in [3.63, 3.8) is 0 Å². The van der Waals surface area contributed by atoms with Gasteiger partial charge in [0.25, 0.3) is 0 Å². The van der Waals surface area contributed by atoms with Gasteiger partial charge in [-0.25, -0.2) is 0 Å². The van der Waals surface area contributed by atoms with Crippen molar-refractivity contribution in [1.82, 2.24) is 9.13 Å². The van der Waals surface area contributed by atoms with Crippen LogP contribution in [-0.4, -0.2) is 9.13 Å². The van der Waals surface area contributed by atoms with Gasteiger partial charge in [0.05, 0.1) is 103 Å². The van der Waals surface area contributed by atoms with Crippen molar-refractivity contribution in [1.29, 1.82) is 26.3 Å². The number of rotatable bonds is 5. The summed E-state index contributed by atoms with van der Waals surface area (Å²) >= 11 is 0. The number of fused-ring (bicyclic) bond motifs is 6. The van der Waals surface area contributed by atoms with E-state index in [-0.39, 0.29) is 45.1 Å². The van der Waals surface area contributed by atoms with Crippen molar-refractivity contribution in [3.05, 3.63) is 191 Å². The molecule has 0 saturated carbocycles. The van der Waals surface area contributed by atoms with Gasteiger partial charge >= 0.3 is 12.4 Å². The highest BCUT2D eigenvalue weighted by molar-refractivity contribution is 6.13. The fourth-order valence-corrected chi connectivity index (χ4v) is 9.09. The first-order chi connectivity index (χ1) is 32.7. The van der Waals surface area contributed by atoms with Gasteiger partial charge in [-0.05, 0) is 107 Å². The highest BCUT2D eigenvalue weighted by atomic mass is 19.4. The first-order valence-electron chi connectivity index (χ1n) is 20.6. The van der Waals surface area contributed by atoms with Crippen molar-refractivity contribution in [2.24, 2.45) is 0 Å². The van der Waals surface area contributed by atoms with Gasteiger partial charge in [0.2, 0.25) is 0 Å². The van der Waals surface area contributed by atoms with E-state index in [1.807, 2.05) is 94.1 Å². The van der Waals surface area contributed by atoms with Crippen LogP contribution in [-0.2, 0) is 12.4 Å². The summed E-state index contributed by atoms with van der Waals surface area (Å²) in [6, 6.07) is 49.9. The van der Waals surface area contributed by atoms with Crippen molar-refractivity contribution in [2.45, 2.75) is 12.4 Å². The molecule has 0 bridgehead atoms. The molecule has 0 atom stereocenters. The average molecular weight is 898 g/mol. The molecule has 0 radical (unpaired) electrons. The summed E-state index contributed by atoms with van der Waals surface area (Å²) < 4.78 is 90.3. The van der Waals surface area contributed by atoms with Crippen LogP contribution in [0.25, 0.3) is 88.4 Å². The summed E-state index contributed by atoms with van der Waals surface area (Å²) in [5.41, 5.74) is 2.11. The maximum Gasteiger partial charge on any atom is 0.416 e. The van der Waals surface area contributed by atoms with E-state index in [4.69, 9.17) is 0 Å². The van der Waals surface area contributed by atoms with Crippen molar-refractivity contribution in [2.75, 3.05) is 0 Å². The lowest BCUT2D eigenvalue weighted by Crippen LogP contribution is -2.11. The van der Waals surface area contributed by atoms with E-state index in [0.717, 1.165) is 16.2 Å². The Morgan fingerprint density at radius 2 is 0.750 bits per heavy atom. The number of benzene rings is 8. The second-order valence-electron chi connectivity index (χ2n) is 15.9. The molecule has 0 N–H and O–H groups in total. The van der Waals surface area contributed by atoms with E-state index in [2.05, 4.69) is 24.3 Å². The second kappa shape index (κ2) is 15.8. The lowest BCUT2D eigenvalue weighted by atomic mass is 9.94. The topological polar surface area (TPSA) is 129 Å². The number of hydrogen-bond donors (Lipinski definition) is 0. The second-order valence-corrected chi connectivity index (χ2v) is 15.9. The summed E-state index contributed by atoms with van der Waals surface area (Å²) in [6.45, 7) is 0. The van der Waals surface area contributed by atoms with E-state index < -0.39 is 29.0 Å². The fraction of sp³-hybridized carbons (Fsp3) is 0.0364. The number of nitrogens with zero attached hydrogens (tertiary/aromatic N) is 7. The molecule has 0 unspecified atom stereocenters. The Bertz CT molecular complexity index is 3990. The highest BCUT2D eigenvalue weighted by Crippen LogP contribution is 2.45. The van der Waals surface area contributed by atoms with Crippen LogP contribution in [0.2, 0.25) is 0 Å². The number of hydrogen-bond acceptors (Lipinski definition) is 5. The van der Waals surface area contributed by atoms with Crippen LogP contribution >= 0.6 is 0 Å². The van der Waals surface area contributed by atoms with Crippen molar-refractivity contribution >= 4 is 43.6 Å². The van der Waals surface area contributed by atoms with E-state index in [1.165, 1.54) is 24.3 Å². The lowest BCUT2D eigenvalue weighted by Gasteiger charge is -2.21. The largest absolute Gasteiger partial charge is 0.416 e. The van der Waals surface area contributed by atoms with Crippen LogP contribution in [0.15, 0.2) is 152 Å². The summed E-state index contributed by atoms with van der Waals surface area (Å²) in [7, 11) is 0. The van der Waals surface area contributed by atoms with Gasteiger partial charge in [0, 0.05) is 27.1 Å². The third kappa shape index (κ3) is 6.90. The molecule has 7 nitrogen and oxygen atoms in total. The minimum atomic E-state index is -5.18. The zero-order valence-corrected chi connectivity index (χ0v) is 34.8. The molecule has 0 fully saturated rings. The van der Waals surface area contributed by atoms with E-state index in [1.54, 1.807) is 30.3 Å². The molecular formula is C55H25F6N7. The Kier molecular flexibility index (Phi) is 9.85. The smallest absolute Gasteiger partial charge is 0.307 e. The Morgan fingerprint density at radius 1 is 0.338 bits per heavy atom. The molecule has 322 valence electrons. The Balaban J connectivity index is 1.37. The molecule has 10 aromatic rings. The van der Waals surface area contributed by atoms with Crippen LogP contribution in [0.4, 0.5) is 26.3 Å². The third-order valence-electron chi connectivity index (χ3n) is 12.1. The first-order valence-corrected chi connectivity index (χ1v) is 20.6. The highest BCUT2D eigenvalue weighted by Gasteiger charge is 2.37. The molecular weight excluding hydrogens is 873 g/mol. The van der Waals surface area contributed by atoms with Crippen LogP contribution in [0, 0.1) is 56.7 Å². The lowest BCUT2D eigenvalue weighted by molar-refractivity contribution is -0.143. The Labute approximate surface area is 382 Å². The predicted octanol–water partition coefficient (Wildman–Crippen LogP) is 14.3. The van der Waals surface area contributed by atoms with Crippen LogP contribution in [0.5, 0.6) is 0 Å². The van der Waals surface area contributed by atoms with Gasteiger partial charge in [0.15, 0.2) is 0 Å². The van der Waals surface area contributed by atoms with E-state index >= 15 is 0 Å². The molecule has 0 aliphatic carbocycles. The molecule has 0 aliphatic rings. The normalized spacial score (nSPS) is 11.6. The van der Waals surface area contributed by atoms with Crippen LogP contribution < -0.4 is 0 Å². The van der Waals surface area contributed by atoms with Gasteiger partial charge in [-0.3, -0.25) is 0 Å². The Morgan fingerprint density at radius 3 is 1.18 bits per heavy atom. The number of halogens is 6. The summed E-state index contributed by atoms with van der Waals surface area (Å²) in [6.07, 6.45) is -10.4. The zero-order valence-electron chi connectivity index (χ0n) is 34.8. The van der Waals surface area contributed by atoms with Gasteiger partial charge in [-0.1, -0.05) is 72.8 Å². The number of aromatic nitrogens is 2. The van der Waals surface area contributed by atoms with Crippen molar-refractivity contribution < 1.29 is 26.3 Å². The van der Waals surface area contributed by atoms with Crippen LogP contribution in [0.3, 0.4) is 0 Å². The molecule has 0 spiro atoms. The molecule has 13 heteroatoms. The molecule has 2 heterocycles. The summed E-state index contributed by atoms with van der Waals surface area (Å²) in [5.74, 6) is 0. The van der Waals surface area contributed by atoms with Crippen LogP contribution in [0.1, 0.15) is 38.9 Å². The minimum absolute atomic E-state index is 0.0409. The molecule has 2 aromatic heterocycles. The van der Waals surface area contributed by atoms with Crippen molar-refractivity contribution in [3.8, 4) is 75.1 Å². The summed E-state index contributed by atoms with van der Waals surface area (Å²) in [4.78, 5) is 0. The van der Waals surface area contributed by atoms with Gasteiger partial charge in [-0.2, -0.15) is 52.7 Å². The number of nitriles is 5.